The summed E-state index contributed by atoms with van der Waals surface area (Å²) >= 11 is 0. The van der Waals surface area contributed by atoms with E-state index in [-0.39, 0.29) is 6.54 Å². The van der Waals surface area contributed by atoms with E-state index in [2.05, 4.69) is 15.6 Å². The maximum Gasteiger partial charge on any atom is 0.407 e. The van der Waals surface area contributed by atoms with E-state index in [1.165, 1.54) is 0 Å². The fourth-order valence-electron chi connectivity index (χ4n) is 1.93. The van der Waals surface area contributed by atoms with Crippen molar-refractivity contribution >= 4 is 17.9 Å². The maximum atomic E-state index is 12.3. The van der Waals surface area contributed by atoms with Crippen molar-refractivity contribution in [2.75, 3.05) is 19.0 Å². The molecule has 0 atom stereocenters. The van der Waals surface area contributed by atoms with Crippen LogP contribution in [-0.4, -0.2) is 36.3 Å². The molecule has 0 saturated heterocycles. The number of carbonyl (C=O) groups excluding carboxylic acids is 2. The molecule has 0 saturated carbocycles. The van der Waals surface area contributed by atoms with Crippen LogP contribution in [0.1, 0.15) is 56.5 Å². The van der Waals surface area contributed by atoms with Crippen molar-refractivity contribution in [3.63, 3.8) is 0 Å². The Morgan fingerprint density at radius 1 is 1.29 bits per heavy atom. The van der Waals surface area contributed by atoms with Crippen LogP contribution in [0.2, 0.25) is 0 Å². The Kier molecular flexibility index (Phi) is 7.48. The summed E-state index contributed by atoms with van der Waals surface area (Å²) in [6, 6.07) is 1.68. The molecule has 0 aliphatic carbocycles. The van der Waals surface area contributed by atoms with Crippen LogP contribution < -0.4 is 10.6 Å². The molecule has 0 bridgehead atoms. The molecule has 0 aliphatic rings. The first kappa shape index (κ1) is 19.7. The fourth-order valence-corrected chi connectivity index (χ4v) is 1.93. The van der Waals surface area contributed by atoms with Gasteiger partial charge in [-0.15, -0.1) is 0 Å². The van der Waals surface area contributed by atoms with Gasteiger partial charge in [-0.1, -0.05) is 13.3 Å². The second kappa shape index (κ2) is 9.10. The Morgan fingerprint density at radius 3 is 2.58 bits per heavy atom. The van der Waals surface area contributed by atoms with Crippen LogP contribution in [0.3, 0.4) is 0 Å². The molecular formula is C17H27N3O4. The molecule has 2 N–H and O–H groups in total. The predicted octanol–water partition coefficient (Wildman–Crippen LogP) is 3.10. The number of unbranched alkanes of at least 4 members (excludes halogenated alkanes) is 1. The van der Waals surface area contributed by atoms with Gasteiger partial charge in [0, 0.05) is 19.8 Å². The number of nitrogens with one attached hydrogen (secondary N) is 2. The predicted molar refractivity (Wildman–Crippen MR) is 92.0 cm³/mol. The van der Waals surface area contributed by atoms with Crippen LogP contribution >= 0.6 is 0 Å². The molecule has 1 aromatic rings. The van der Waals surface area contributed by atoms with Gasteiger partial charge in [-0.3, -0.25) is 0 Å². The Labute approximate surface area is 143 Å². The van der Waals surface area contributed by atoms with Gasteiger partial charge in [-0.05, 0) is 38.8 Å². The first-order valence-corrected chi connectivity index (χ1v) is 8.08. The Hall–Kier alpha value is -2.31. The van der Waals surface area contributed by atoms with Crippen LogP contribution in [0.25, 0.3) is 0 Å². The number of carbonyl (C=O) groups is 2. The van der Waals surface area contributed by atoms with Crippen molar-refractivity contribution in [1.82, 2.24) is 10.3 Å². The van der Waals surface area contributed by atoms with Crippen LogP contribution in [0, 0.1) is 0 Å². The zero-order chi connectivity index (χ0) is 18.2. The van der Waals surface area contributed by atoms with Gasteiger partial charge in [-0.25, -0.2) is 14.6 Å². The highest BCUT2D eigenvalue weighted by atomic mass is 16.6. The van der Waals surface area contributed by atoms with Crippen LogP contribution in [0.15, 0.2) is 12.3 Å². The lowest BCUT2D eigenvalue weighted by molar-refractivity contribution is 0.0486. The number of alkyl carbamates (subject to hydrolysis) is 1. The summed E-state index contributed by atoms with van der Waals surface area (Å²) in [6.07, 6.45) is 2.76. The molecule has 1 amide bonds. The summed E-state index contributed by atoms with van der Waals surface area (Å²) in [5.41, 5.74) is 0.356. The van der Waals surface area contributed by atoms with E-state index in [0.29, 0.717) is 23.6 Å². The number of hydrogen-bond acceptors (Lipinski definition) is 6. The van der Waals surface area contributed by atoms with Crippen LogP contribution in [0.4, 0.5) is 10.6 Å². The van der Waals surface area contributed by atoms with Gasteiger partial charge >= 0.3 is 12.1 Å². The van der Waals surface area contributed by atoms with Gasteiger partial charge in [0.1, 0.15) is 17.0 Å². The minimum absolute atomic E-state index is 0.143. The minimum Gasteiger partial charge on any atom is -0.462 e. The van der Waals surface area contributed by atoms with E-state index in [0.717, 1.165) is 12.8 Å². The van der Waals surface area contributed by atoms with Crippen molar-refractivity contribution in [3.05, 3.63) is 23.4 Å². The van der Waals surface area contributed by atoms with Crippen molar-refractivity contribution in [2.24, 2.45) is 0 Å². The zero-order valence-corrected chi connectivity index (χ0v) is 15.1. The van der Waals surface area contributed by atoms with E-state index < -0.39 is 17.7 Å². The fraction of sp³-hybridized carbons (Fsp3) is 0.588. The smallest absolute Gasteiger partial charge is 0.407 e. The van der Waals surface area contributed by atoms with Crippen molar-refractivity contribution in [3.8, 4) is 0 Å². The van der Waals surface area contributed by atoms with Gasteiger partial charge < -0.3 is 20.1 Å². The maximum absolute atomic E-state index is 12.3. The van der Waals surface area contributed by atoms with E-state index >= 15 is 0 Å². The molecule has 0 unspecified atom stereocenters. The SMILES string of the molecule is CCCCOC(=O)c1c(CNC(=O)OC(C)(C)C)ccnc1NC. The number of rotatable bonds is 7. The highest BCUT2D eigenvalue weighted by Gasteiger charge is 2.20. The van der Waals surface area contributed by atoms with E-state index in [1.54, 1.807) is 40.1 Å². The molecule has 0 aromatic carbocycles. The number of esters is 1. The molecular weight excluding hydrogens is 310 g/mol. The zero-order valence-electron chi connectivity index (χ0n) is 15.1. The lowest BCUT2D eigenvalue weighted by Gasteiger charge is -2.20. The average Bonchev–Trinajstić information content (AvgIpc) is 2.50. The highest BCUT2D eigenvalue weighted by molar-refractivity contribution is 5.96. The molecule has 0 fully saturated rings. The average molecular weight is 337 g/mol. The van der Waals surface area contributed by atoms with Gasteiger partial charge in [0.2, 0.25) is 0 Å². The molecule has 0 spiro atoms. The highest BCUT2D eigenvalue weighted by Crippen LogP contribution is 2.19. The second-order valence-electron chi connectivity index (χ2n) is 6.29. The van der Waals surface area contributed by atoms with E-state index in [4.69, 9.17) is 9.47 Å². The molecule has 7 heteroatoms. The molecule has 134 valence electrons. The Balaban J connectivity index is 2.86. The summed E-state index contributed by atoms with van der Waals surface area (Å²) < 4.78 is 10.5. The molecule has 0 aliphatic heterocycles. The number of nitrogens with zero attached hydrogens (tertiary/aromatic N) is 1. The third-order valence-corrected chi connectivity index (χ3v) is 3.03. The number of hydrogen-bond donors (Lipinski definition) is 2. The number of amides is 1. The molecule has 0 radical (unpaired) electrons. The van der Waals surface area contributed by atoms with Crippen molar-refractivity contribution in [2.45, 2.75) is 52.7 Å². The molecule has 24 heavy (non-hydrogen) atoms. The monoisotopic (exact) mass is 337 g/mol. The molecule has 1 aromatic heterocycles. The summed E-state index contributed by atoms with van der Waals surface area (Å²) in [7, 11) is 1.68. The van der Waals surface area contributed by atoms with E-state index in [9.17, 15) is 9.59 Å². The van der Waals surface area contributed by atoms with Gasteiger partial charge in [-0.2, -0.15) is 0 Å². The summed E-state index contributed by atoms with van der Waals surface area (Å²) in [5.74, 6) is -0.0399. The molecule has 1 rings (SSSR count). The lowest BCUT2D eigenvalue weighted by Crippen LogP contribution is -2.32. The third-order valence-electron chi connectivity index (χ3n) is 3.03. The number of ether oxygens (including phenoxy) is 2. The lowest BCUT2D eigenvalue weighted by atomic mass is 10.1. The first-order valence-electron chi connectivity index (χ1n) is 8.08. The quantitative estimate of drug-likeness (QED) is 0.587. The van der Waals surface area contributed by atoms with Crippen LogP contribution in [-0.2, 0) is 16.0 Å². The van der Waals surface area contributed by atoms with E-state index in [1.807, 2.05) is 6.92 Å². The summed E-state index contributed by atoms with van der Waals surface area (Å²) in [6.45, 7) is 7.88. The van der Waals surface area contributed by atoms with Crippen LogP contribution in [0.5, 0.6) is 0 Å². The first-order chi connectivity index (χ1) is 11.3. The standard InChI is InChI=1S/C17H27N3O4/c1-6-7-10-23-15(21)13-12(8-9-19-14(13)18-5)11-20-16(22)24-17(2,3)4/h8-9H,6-7,10-11H2,1-5H3,(H,18,19)(H,20,22). The normalized spacial score (nSPS) is 10.9. The van der Waals surface area contributed by atoms with Gasteiger partial charge in [0.05, 0.1) is 6.61 Å². The van der Waals surface area contributed by atoms with Gasteiger partial charge in [0.25, 0.3) is 0 Å². The molecule has 1 heterocycles. The van der Waals surface area contributed by atoms with Crippen molar-refractivity contribution in [1.29, 1.82) is 0 Å². The Bertz CT molecular complexity index is 567. The molecule has 7 nitrogen and oxygen atoms in total. The largest absolute Gasteiger partial charge is 0.462 e. The Morgan fingerprint density at radius 2 is 2.00 bits per heavy atom. The third kappa shape index (κ3) is 6.44. The number of aromatic nitrogens is 1. The van der Waals surface area contributed by atoms with Crippen molar-refractivity contribution < 1.29 is 19.1 Å². The van der Waals surface area contributed by atoms with Gasteiger partial charge in [0.15, 0.2) is 0 Å². The number of anilines is 1. The summed E-state index contributed by atoms with van der Waals surface area (Å²) in [4.78, 5) is 28.3. The summed E-state index contributed by atoms with van der Waals surface area (Å²) in [5, 5.41) is 5.52. The topological polar surface area (TPSA) is 89.5 Å². The second-order valence-corrected chi connectivity index (χ2v) is 6.29. The number of pyridine rings is 1. The minimum atomic E-state index is -0.583.